The zero-order chi connectivity index (χ0) is 12.3. The summed E-state index contributed by atoms with van der Waals surface area (Å²) in [5, 5.41) is 8.64. The molecule has 0 amide bonds. The molecular weight excluding hydrogens is 234 g/mol. The molecule has 84 valence electrons. The van der Waals surface area contributed by atoms with E-state index in [1.165, 1.54) is 6.20 Å². The van der Waals surface area contributed by atoms with E-state index in [1.54, 1.807) is 17.8 Å². The molecule has 1 N–H and O–H groups in total. The second-order valence-electron chi connectivity index (χ2n) is 3.31. The van der Waals surface area contributed by atoms with Crippen LogP contribution in [0.3, 0.4) is 0 Å². The van der Waals surface area contributed by atoms with E-state index in [-0.39, 0.29) is 5.56 Å². The highest BCUT2D eigenvalue weighted by molar-refractivity contribution is 7.98. The minimum atomic E-state index is -0.411. The van der Waals surface area contributed by atoms with Gasteiger partial charge in [0.05, 0.1) is 6.20 Å². The van der Waals surface area contributed by atoms with Crippen molar-refractivity contribution in [2.75, 3.05) is 6.26 Å². The van der Waals surface area contributed by atoms with Gasteiger partial charge in [0.25, 0.3) is 5.56 Å². The predicted octanol–water partition coefficient (Wildman–Crippen LogP) is 2.03. The summed E-state index contributed by atoms with van der Waals surface area (Å²) in [4.78, 5) is 19.2. The zero-order valence-corrected chi connectivity index (χ0v) is 9.91. The molecule has 0 unspecified atom stereocenters. The van der Waals surface area contributed by atoms with Gasteiger partial charge in [-0.05, 0) is 18.4 Å². The minimum Gasteiger partial charge on any atom is -0.305 e. The van der Waals surface area contributed by atoms with E-state index in [0.29, 0.717) is 5.82 Å². The number of H-pyrrole nitrogens is 1. The van der Waals surface area contributed by atoms with Crippen molar-refractivity contribution in [1.29, 1.82) is 5.26 Å². The molecule has 1 aromatic carbocycles. The summed E-state index contributed by atoms with van der Waals surface area (Å²) in [7, 11) is 0. The Morgan fingerprint density at radius 2 is 2.06 bits per heavy atom. The zero-order valence-electron chi connectivity index (χ0n) is 9.10. The van der Waals surface area contributed by atoms with E-state index in [2.05, 4.69) is 9.97 Å². The normalized spacial score (nSPS) is 9.88. The van der Waals surface area contributed by atoms with E-state index >= 15 is 0 Å². The first-order valence-corrected chi connectivity index (χ1v) is 6.11. The number of nitrogens with zero attached hydrogens (tertiary/aromatic N) is 2. The molecule has 1 aromatic heterocycles. The van der Waals surface area contributed by atoms with Gasteiger partial charge in [-0.3, -0.25) is 4.79 Å². The quantitative estimate of drug-likeness (QED) is 0.819. The van der Waals surface area contributed by atoms with Crippen molar-refractivity contribution in [1.82, 2.24) is 9.97 Å². The van der Waals surface area contributed by atoms with Crippen LogP contribution in [0.5, 0.6) is 0 Å². The minimum absolute atomic E-state index is 0.0227. The average Bonchev–Trinajstić information content (AvgIpc) is 2.39. The van der Waals surface area contributed by atoms with Crippen molar-refractivity contribution in [3.63, 3.8) is 0 Å². The van der Waals surface area contributed by atoms with Crippen molar-refractivity contribution in [3.8, 4) is 17.5 Å². The number of hydrogen-bond acceptors (Lipinski definition) is 4. The van der Waals surface area contributed by atoms with Crippen LogP contribution in [-0.2, 0) is 0 Å². The van der Waals surface area contributed by atoms with E-state index in [9.17, 15) is 4.79 Å². The topological polar surface area (TPSA) is 69.5 Å². The van der Waals surface area contributed by atoms with Gasteiger partial charge in [-0.2, -0.15) is 5.26 Å². The molecule has 0 saturated heterocycles. The third-order valence-electron chi connectivity index (χ3n) is 2.28. The van der Waals surface area contributed by atoms with Crippen molar-refractivity contribution < 1.29 is 0 Å². The molecule has 0 bridgehead atoms. The number of hydrogen-bond donors (Lipinski definition) is 1. The molecule has 0 fully saturated rings. The highest BCUT2D eigenvalue weighted by atomic mass is 32.2. The Bertz CT molecular complexity index is 625. The van der Waals surface area contributed by atoms with E-state index in [0.717, 1.165) is 10.5 Å². The predicted molar refractivity (Wildman–Crippen MR) is 66.8 cm³/mol. The summed E-state index contributed by atoms with van der Waals surface area (Å²) in [6, 6.07) is 9.47. The summed E-state index contributed by atoms with van der Waals surface area (Å²) >= 11 is 1.65. The lowest BCUT2D eigenvalue weighted by molar-refractivity contribution is 1.11. The lowest BCUT2D eigenvalue weighted by atomic mass is 10.2. The van der Waals surface area contributed by atoms with Crippen LogP contribution in [0.25, 0.3) is 11.4 Å². The molecule has 1 heterocycles. The van der Waals surface area contributed by atoms with E-state index in [1.807, 2.05) is 30.5 Å². The Balaban J connectivity index is 2.43. The fraction of sp³-hybridized carbons (Fsp3) is 0.0833. The largest absolute Gasteiger partial charge is 0.305 e. The van der Waals surface area contributed by atoms with Gasteiger partial charge in [0.2, 0.25) is 0 Å². The molecule has 2 rings (SSSR count). The maximum Gasteiger partial charge on any atom is 0.269 e. The number of benzene rings is 1. The third kappa shape index (κ3) is 2.37. The highest BCUT2D eigenvalue weighted by Crippen LogP contribution is 2.19. The second-order valence-corrected chi connectivity index (χ2v) is 4.19. The lowest BCUT2D eigenvalue weighted by Crippen LogP contribution is -2.11. The fourth-order valence-corrected chi connectivity index (χ4v) is 1.78. The van der Waals surface area contributed by atoms with E-state index in [4.69, 9.17) is 5.26 Å². The number of aromatic amines is 1. The van der Waals surface area contributed by atoms with Gasteiger partial charge < -0.3 is 4.98 Å². The van der Waals surface area contributed by atoms with Crippen LogP contribution in [0.2, 0.25) is 0 Å². The van der Waals surface area contributed by atoms with Gasteiger partial charge in [0.1, 0.15) is 17.5 Å². The first-order chi connectivity index (χ1) is 8.24. The molecule has 0 aliphatic heterocycles. The molecule has 0 radical (unpaired) electrons. The lowest BCUT2D eigenvalue weighted by Gasteiger charge is -2.01. The molecular formula is C12H9N3OS. The molecule has 0 atom stereocenters. The maximum atomic E-state index is 11.4. The van der Waals surface area contributed by atoms with Gasteiger partial charge >= 0.3 is 0 Å². The van der Waals surface area contributed by atoms with Crippen LogP contribution >= 0.6 is 11.8 Å². The van der Waals surface area contributed by atoms with Crippen molar-refractivity contribution in [2.45, 2.75) is 4.90 Å². The number of nitrogens with one attached hydrogen (secondary N) is 1. The maximum absolute atomic E-state index is 11.4. The molecule has 5 heteroatoms. The number of thioether (sulfide) groups is 1. The van der Waals surface area contributed by atoms with Crippen LogP contribution < -0.4 is 5.56 Å². The van der Waals surface area contributed by atoms with Crippen LogP contribution in [0.15, 0.2) is 40.2 Å². The number of aromatic nitrogens is 2. The Hall–Kier alpha value is -2.06. The van der Waals surface area contributed by atoms with Crippen LogP contribution in [0.4, 0.5) is 0 Å². The Labute approximate surface area is 102 Å². The number of rotatable bonds is 2. The molecule has 0 saturated carbocycles. The summed E-state index contributed by atoms with van der Waals surface area (Å²) in [5.74, 6) is 0.474. The molecule has 17 heavy (non-hydrogen) atoms. The highest BCUT2D eigenvalue weighted by Gasteiger charge is 2.03. The first-order valence-electron chi connectivity index (χ1n) is 4.88. The van der Waals surface area contributed by atoms with Crippen molar-refractivity contribution in [2.24, 2.45) is 0 Å². The average molecular weight is 243 g/mol. The first kappa shape index (κ1) is 11.4. The Morgan fingerprint density at radius 3 is 2.59 bits per heavy atom. The SMILES string of the molecule is CSc1ccc(-c2ncc(C#N)c(=O)[nH]2)cc1. The summed E-state index contributed by atoms with van der Waals surface area (Å²) in [6.45, 7) is 0. The van der Waals surface area contributed by atoms with E-state index < -0.39 is 5.56 Å². The Kier molecular flexibility index (Phi) is 3.26. The van der Waals surface area contributed by atoms with Gasteiger partial charge in [0.15, 0.2) is 0 Å². The molecule has 4 nitrogen and oxygen atoms in total. The second kappa shape index (κ2) is 4.85. The van der Waals surface area contributed by atoms with Crippen LogP contribution in [0.1, 0.15) is 5.56 Å². The van der Waals surface area contributed by atoms with Gasteiger partial charge in [-0.1, -0.05) is 12.1 Å². The Morgan fingerprint density at radius 1 is 1.35 bits per heavy atom. The molecule has 0 spiro atoms. The van der Waals surface area contributed by atoms with Crippen LogP contribution in [-0.4, -0.2) is 16.2 Å². The summed E-state index contributed by atoms with van der Waals surface area (Å²) in [5.41, 5.74) is 0.435. The summed E-state index contributed by atoms with van der Waals surface area (Å²) < 4.78 is 0. The van der Waals surface area contributed by atoms with Gasteiger partial charge in [0, 0.05) is 10.5 Å². The van der Waals surface area contributed by atoms with Gasteiger partial charge in [-0.25, -0.2) is 4.98 Å². The monoisotopic (exact) mass is 243 g/mol. The van der Waals surface area contributed by atoms with Crippen LogP contribution in [0, 0.1) is 11.3 Å². The smallest absolute Gasteiger partial charge is 0.269 e. The van der Waals surface area contributed by atoms with Crippen molar-refractivity contribution >= 4 is 11.8 Å². The fourth-order valence-electron chi connectivity index (χ4n) is 1.37. The van der Waals surface area contributed by atoms with Gasteiger partial charge in [-0.15, -0.1) is 11.8 Å². The van der Waals surface area contributed by atoms with Crippen molar-refractivity contribution in [3.05, 3.63) is 46.4 Å². The summed E-state index contributed by atoms with van der Waals surface area (Å²) in [6.07, 6.45) is 3.29. The molecule has 0 aliphatic carbocycles. The third-order valence-corrected chi connectivity index (χ3v) is 3.03. The molecule has 0 aliphatic rings. The standard InChI is InChI=1S/C12H9N3OS/c1-17-10-4-2-8(3-5-10)11-14-7-9(6-13)12(16)15-11/h2-5,7H,1H3,(H,14,15,16). The number of nitriles is 1. The molecule has 2 aromatic rings.